The second-order valence-electron chi connectivity index (χ2n) is 4.53. The molecule has 0 aliphatic heterocycles. The van der Waals surface area contributed by atoms with Crippen molar-refractivity contribution in [2.24, 2.45) is 0 Å². The van der Waals surface area contributed by atoms with E-state index in [2.05, 4.69) is 15.4 Å². The third-order valence-electron chi connectivity index (χ3n) is 2.64. The summed E-state index contributed by atoms with van der Waals surface area (Å²) in [6, 6.07) is 3.06. The number of halogens is 1. The molecule has 8 heteroatoms. The number of carbonyl (C=O) groups excluding carboxylic acids is 2. The molecular formula is C13H14ClN5O2. The van der Waals surface area contributed by atoms with Gasteiger partial charge in [0.2, 0.25) is 5.91 Å². The minimum Gasteiger partial charge on any atom is -0.347 e. The molecule has 0 aliphatic rings. The molecule has 1 N–H and O–H groups in total. The molecule has 0 saturated heterocycles. The number of amides is 2. The molecule has 2 heterocycles. The molecule has 0 unspecified atom stereocenters. The topological polar surface area (TPSA) is 80.1 Å². The van der Waals surface area contributed by atoms with Crippen molar-refractivity contribution in [3.8, 4) is 0 Å². The molecule has 2 aromatic rings. The first-order valence-corrected chi connectivity index (χ1v) is 6.49. The summed E-state index contributed by atoms with van der Waals surface area (Å²) < 4.78 is 1.45. The summed E-state index contributed by atoms with van der Waals surface area (Å²) in [4.78, 5) is 28.9. The molecule has 2 aromatic heterocycles. The molecule has 0 saturated carbocycles. The van der Waals surface area contributed by atoms with Crippen molar-refractivity contribution in [3.05, 3.63) is 41.4 Å². The fourth-order valence-corrected chi connectivity index (χ4v) is 1.68. The van der Waals surface area contributed by atoms with Crippen LogP contribution in [-0.4, -0.2) is 45.6 Å². The van der Waals surface area contributed by atoms with Gasteiger partial charge in [0.15, 0.2) is 0 Å². The van der Waals surface area contributed by atoms with Crippen LogP contribution in [0, 0.1) is 0 Å². The van der Waals surface area contributed by atoms with Crippen molar-refractivity contribution >= 4 is 29.1 Å². The molecule has 0 radical (unpaired) electrons. The van der Waals surface area contributed by atoms with Gasteiger partial charge in [-0.15, -0.1) is 0 Å². The molecule has 2 rings (SSSR count). The molecule has 7 nitrogen and oxygen atoms in total. The fraction of sp³-hybridized carbons (Fsp3) is 0.231. The number of rotatable bonds is 4. The number of pyridine rings is 1. The average Bonchev–Trinajstić information content (AvgIpc) is 2.85. The van der Waals surface area contributed by atoms with Crippen LogP contribution in [0.2, 0.25) is 5.02 Å². The van der Waals surface area contributed by atoms with Gasteiger partial charge < -0.3 is 10.2 Å². The maximum absolute atomic E-state index is 12.0. The Morgan fingerprint density at radius 1 is 1.43 bits per heavy atom. The summed E-state index contributed by atoms with van der Waals surface area (Å²) in [6.45, 7) is 0.109. The van der Waals surface area contributed by atoms with Gasteiger partial charge in [0.1, 0.15) is 12.2 Å². The number of likely N-dealkylation sites (N-methyl/N-ethyl adjacent to an activating group) is 1. The molecule has 110 valence electrons. The van der Waals surface area contributed by atoms with E-state index in [0.29, 0.717) is 10.7 Å². The lowest BCUT2D eigenvalue weighted by atomic mass is 10.3. The van der Waals surface area contributed by atoms with E-state index in [1.165, 1.54) is 28.0 Å². The van der Waals surface area contributed by atoms with Gasteiger partial charge in [-0.3, -0.25) is 19.3 Å². The quantitative estimate of drug-likeness (QED) is 0.922. The van der Waals surface area contributed by atoms with E-state index in [-0.39, 0.29) is 18.1 Å². The van der Waals surface area contributed by atoms with Gasteiger partial charge in [-0.2, -0.15) is 5.10 Å². The minimum absolute atomic E-state index is 0.0903. The zero-order valence-electron chi connectivity index (χ0n) is 11.6. The molecule has 0 fully saturated rings. The maximum atomic E-state index is 12.0. The van der Waals surface area contributed by atoms with E-state index in [1.54, 1.807) is 26.4 Å². The lowest BCUT2D eigenvalue weighted by Crippen LogP contribution is -2.26. The van der Waals surface area contributed by atoms with Crippen molar-refractivity contribution in [2.45, 2.75) is 6.54 Å². The van der Waals surface area contributed by atoms with Crippen LogP contribution in [0.5, 0.6) is 0 Å². The summed E-state index contributed by atoms with van der Waals surface area (Å²) in [5.74, 6) is -0.483. The van der Waals surface area contributed by atoms with Crippen LogP contribution in [-0.2, 0) is 11.3 Å². The van der Waals surface area contributed by atoms with Crippen LogP contribution in [0.15, 0.2) is 30.7 Å². The van der Waals surface area contributed by atoms with Gasteiger partial charge in [0.05, 0.1) is 11.9 Å². The molecule has 0 bridgehead atoms. The Morgan fingerprint density at radius 3 is 2.86 bits per heavy atom. The average molecular weight is 308 g/mol. The number of nitrogens with one attached hydrogen (secondary N) is 1. The molecular weight excluding hydrogens is 294 g/mol. The summed E-state index contributed by atoms with van der Waals surface area (Å²) in [7, 11) is 3.33. The first-order chi connectivity index (χ1) is 9.95. The van der Waals surface area contributed by atoms with Crippen molar-refractivity contribution in [2.75, 3.05) is 19.4 Å². The maximum Gasteiger partial charge on any atom is 0.274 e. The predicted octanol–water partition coefficient (Wildman–Crippen LogP) is 1.27. The molecule has 0 aliphatic carbocycles. The third kappa shape index (κ3) is 4.03. The van der Waals surface area contributed by atoms with Crippen molar-refractivity contribution in [1.29, 1.82) is 0 Å². The van der Waals surface area contributed by atoms with E-state index < -0.39 is 5.91 Å². The number of aromatic nitrogens is 3. The standard InChI is InChI=1S/C13H14ClN5O2/c1-18(2)12(20)8-19-7-10(6-16-19)17-13(21)11-5-9(14)3-4-15-11/h3-7H,8H2,1-2H3,(H,17,21). The Morgan fingerprint density at radius 2 is 2.19 bits per heavy atom. The lowest BCUT2D eigenvalue weighted by Gasteiger charge is -2.09. The molecule has 21 heavy (non-hydrogen) atoms. The van der Waals surface area contributed by atoms with E-state index in [1.807, 2.05) is 0 Å². The van der Waals surface area contributed by atoms with Crippen LogP contribution in [0.4, 0.5) is 5.69 Å². The lowest BCUT2D eigenvalue weighted by molar-refractivity contribution is -0.129. The monoisotopic (exact) mass is 307 g/mol. The highest BCUT2D eigenvalue weighted by molar-refractivity contribution is 6.30. The largest absolute Gasteiger partial charge is 0.347 e. The first-order valence-electron chi connectivity index (χ1n) is 6.11. The Labute approximate surface area is 126 Å². The van der Waals surface area contributed by atoms with E-state index in [4.69, 9.17) is 11.6 Å². The fourth-order valence-electron chi connectivity index (χ4n) is 1.52. The van der Waals surface area contributed by atoms with Gasteiger partial charge >= 0.3 is 0 Å². The zero-order valence-corrected chi connectivity index (χ0v) is 12.3. The van der Waals surface area contributed by atoms with Crippen molar-refractivity contribution < 1.29 is 9.59 Å². The van der Waals surface area contributed by atoms with Crippen LogP contribution in [0.3, 0.4) is 0 Å². The molecule has 0 spiro atoms. The number of nitrogens with zero attached hydrogens (tertiary/aromatic N) is 4. The van der Waals surface area contributed by atoms with E-state index in [0.717, 1.165) is 0 Å². The minimum atomic E-state index is -0.393. The molecule has 2 amide bonds. The first kappa shape index (κ1) is 15.0. The zero-order chi connectivity index (χ0) is 15.4. The Hall–Kier alpha value is -2.41. The number of hydrogen-bond donors (Lipinski definition) is 1. The summed E-state index contributed by atoms with van der Waals surface area (Å²) in [5.41, 5.74) is 0.688. The summed E-state index contributed by atoms with van der Waals surface area (Å²) in [6.07, 6.45) is 4.49. The van der Waals surface area contributed by atoms with E-state index >= 15 is 0 Å². The third-order valence-corrected chi connectivity index (χ3v) is 2.88. The highest BCUT2D eigenvalue weighted by Crippen LogP contribution is 2.11. The second-order valence-corrected chi connectivity index (χ2v) is 4.96. The van der Waals surface area contributed by atoms with Crippen LogP contribution in [0.25, 0.3) is 0 Å². The van der Waals surface area contributed by atoms with Gasteiger partial charge in [-0.1, -0.05) is 11.6 Å². The summed E-state index contributed by atoms with van der Waals surface area (Å²) >= 11 is 5.80. The molecule has 0 aromatic carbocycles. The van der Waals surface area contributed by atoms with Gasteiger partial charge in [0, 0.05) is 31.5 Å². The Bertz CT molecular complexity index is 668. The van der Waals surface area contributed by atoms with Gasteiger partial charge in [-0.05, 0) is 12.1 Å². The highest BCUT2D eigenvalue weighted by Gasteiger charge is 2.11. The van der Waals surface area contributed by atoms with Crippen LogP contribution in [0.1, 0.15) is 10.5 Å². The second kappa shape index (κ2) is 6.36. The number of hydrogen-bond acceptors (Lipinski definition) is 4. The number of carbonyl (C=O) groups is 2. The summed E-state index contributed by atoms with van der Waals surface area (Å²) in [5, 5.41) is 7.08. The smallest absolute Gasteiger partial charge is 0.274 e. The Balaban J connectivity index is 2.02. The van der Waals surface area contributed by atoms with Crippen molar-refractivity contribution in [1.82, 2.24) is 19.7 Å². The highest BCUT2D eigenvalue weighted by atomic mass is 35.5. The molecule has 0 atom stereocenters. The van der Waals surface area contributed by atoms with Crippen LogP contribution >= 0.6 is 11.6 Å². The van der Waals surface area contributed by atoms with Crippen molar-refractivity contribution in [3.63, 3.8) is 0 Å². The van der Waals surface area contributed by atoms with E-state index in [9.17, 15) is 9.59 Å². The van der Waals surface area contributed by atoms with Crippen LogP contribution < -0.4 is 5.32 Å². The normalized spacial score (nSPS) is 10.2. The number of anilines is 1. The predicted molar refractivity (Wildman–Crippen MR) is 78.1 cm³/mol. The van der Waals surface area contributed by atoms with Gasteiger partial charge in [0.25, 0.3) is 5.91 Å². The Kier molecular flexibility index (Phi) is 4.54. The van der Waals surface area contributed by atoms with Gasteiger partial charge in [-0.25, -0.2) is 0 Å². The SMILES string of the molecule is CN(C)C(=O)Cn1cc(NC(=O)c2cc(Cl)ccn2)cn1.